The van der Waals surface area contributed by atoms with Crippen molar-refractivity contribution < 1.29 is 19.1 Å². The Morgan fingerprint density at radius 3 is 2.44 bits per heavy atom. The smallest absolute Gasteiger partial charge is 0.338 e. The van der Waals surface area contributed by atoms with Crippen molar-refractivity contribution in [3.63, 3.8) is 0 Å². The molecule has 3 aromatic rings. The van der Waals surface area contributed by atoms with E-state index in [1.807, 2.05) is 43.5 Å². The predicted molar refractivity (Wildman–Crippen MR) is 153 cm³/mol. The molecule has 1 atom stereocenters. The molecule has 10 heteroatoms. The summed E-state index contributed by atoms with van der Waals surface area (Å²) in [5, 5.41) is 15.1. The number of nitrogens with one attached hydrogen (secondary N) is 2. The van der Waals surface area contributed by atoms with E-state index in [-0.39, 0.29) is 29.6 Å². The van der Waals surface area contributed by atoms with E-state index in [1.54, 1.807) is 50.3 Å². The van der Waals surface area contributed by atoms with Gasteiger partial charge in [-0.3, -0.25) is 9.59 Å². The first kappa shape index (κ1) is 29.6. The number of allylic oxidation sites excluding steroid dienone is 1. The van der Waals surface area contributed by atoms with E-state index in [4.69, 9.17) is 4.74 Å². The molecule has 0 unspecified atom stereocenters. The van der Waals surface area contributed by atoms with Crippen LogP contribution >= 0.6 is 11.8 Å². The summed E-state index contributed by atoms with van der Waals surface area (Å²) in [4.78, 5) is 37.9. The maximum absolute atomic E-state index is 13.0. The summed E-state index contributed by atoms with van der Waals surface area (Å²) in [5.74, 6) is -0.226. The molecule has 1 heterocycles. The molecule has 0 aliphatic rings. The van der Waals surface area contributed by atoms with Crippen LogP contribution in [0.15, 0.2) is 66.3 Å². The molecular weight excluding hydrogens is 514 g/mol. The van der Waals surface area contributed by atoms with Gasteiger partial charge in [-0.2, -0.15) is 0 Å². The minimum Gasteiger partial charge on any atom is -0.459 e. The lowest BCUT2D eigenvalue weighted by Gasteiger charge is -2.22. The topological polar surface area (TPSA) is 115 Å². The Labute approximate surface area is 233 Å². The SMILES string of the molecule is C=CCn1c(SCC(=O)Nc2cccc(C(=O)OC(C)C)c2)nnc1[C@@H](NC(=O)c1cccc(C)c1)C(C)C. The van der Waals surface area contributed by atoms with Crippen LogP contribution in [0.5, 0.6) is 0 Å². The molecule has 0 aliphatic heterocycles. The number of aromatic nitrogens is 3. The van der Waals surface area contributed by atoms with Crippen molar-refractivity contribution in [1.82, 2.24) is 20.1 Å². The highest BCUT2D eigenvalue weighted by atomic mass is 32.2. The highest BCUT2D eigenvalue weighted by Crippen LogP contribution is 2.26. The molecule has 0 aliphatic carbocycles. The first-order chi connectivity index (χ1) is 18.6. The van der Waals surface area contributed by atoms with E-state index in [9.17, 15) is 14.4 Å². The molecule has 206 valence electrons. The second kappa shape index (κ2) is 13.7. The summed E-state index contributed by atoms with van der Waals surface area (Å²) in [5.41, 5.74) is 2.42. The first-order valence-electron chi connectivity index (χ1n) is 12.7. The quantitative estimate of drug-likeness (QED) is 0.181. The Morgan fingerprint density at radius 1 is 1.05 bits per heavy atom. The number of esters is 1. The Hall–Kier alpha value is -3.92. The maximum atomic E-state index is 13.0. The van der Waals surface area contributed by atoms with Crippen molar-refractivity contribution in [2.24, 2.45) is 5.92 Å². The largest absolute Gasteiger partial charge is 0.459 e. The molecule has 2 amide bonds. The van der Waals surface area contributed by atoms with Crippen LogP contribution in [-0.2, 0) is 16.1 Å². The van der Waals surface area contributed by atoms with Crippen LogP contribution in [-0.4, -0.2) is 44.4 Å². The first-order valence-corrected chi connectivity index (χ1v) is 13.7. The number of benzene rings is 2. The summed E-state index contributed by atoms with van der Waals surface area (Å²) >= 11 is 1.23. The van der Waals surface area contributed by atoms with E-state index in [0.29, 0.717) is 34.3 Å². The number of anilines is 1. The lowest BCUT2D eigenvalue weighted by atomic mass is 10.0. The maximum Gasteiger partial charge on any atom is 0.338 e. The molecule has 2 N–H and O–H groups in total. The summed E-state index contributed by atoms with van der Waals surface area (Å²) in [7, 11) is 0. The minimum atomic E-state index is -0.449. The normalized spacial score (nSPS) is 11.8. The number of hydrogen-bond donors (Lipinski definition) is 2. The second-order valence-corrected chi connectivity index (χ2v) is 10.6. The zero-order valence-corrected chi connectivity index (χ0v) is 23.7. The summed E-state index contributed by atoms with van der Waals surface area (Å²) in [6, 6.07) is 13.6. The van der Waals surface area contributed by atoms with E-state index in [2.05, 4.69) is 27.4 Å². The molecule has 39 heavy (non-hydrogen) atoms. The molecule has 9 nitrogen and oxygen atoms in total. The average molecular weight is 550 g/mol. The molecular formula is C29H35N5O4S. The number of thioether (sulfide) groups is 1. The van der Waals surface area contributed by atoms with E-state index in [1.165, 1.54) is 11.8 Å². The summed E-state index contributed by atoms with van der Waals surface area (Å²) in [6.45, 7) is 13.7. The lowest BCUT2D eigenvalue weighted by molar-refractivity contribution is -0.113. The third-order valence-electron chi connectivity index (χ3n) is 5.63. The van der Waals surface area contributed by atoms with Gasteiger partial charge in [0.1, 0.15) is 0 Å². The molecule has 0 spiro atoms. The average Bonchev–Trinajstić information content (AvgIpc) is 3.27. The molecule has 2 aromatic carbocycles. The van der Waals surface area contributed by atoms with Gasteiger partial charge in [-0.25, -0.2) is 4.79 Å². The predicted octanol–water partition coefficient (Wildman–Crippen LogP) is 5.20. The Balaban J connectivity index is 1.71. The standard InChI is InChI=1S/C29H35N5O4S/c1-7-14-34-26(25(18(2)3)31-27(36)21-11-8-10-20(6)15-21)32-33-29(34)39-17-24(35)30-23-13-9-12-22(16-23)28(37)38-19(4)5/h7-13,15-16,18-19,25H,1,14,17H2,2-6H3,(H,30,35)(H,31,36)/t25-/m0/s1. The van der Waals surface area contributed by atoms with Gasteiger partial charge in [0.2, 0.25) is 5.91 Å². The van der Waals surface area contributed by atoms with Gasteiger partial charge in [0.05, 0.1) is 23.5 Å². The number of rotatable bonds is 12. The molecule has 0 radical (unpaired) electrons. The number of nitrogens with zero attached hydrogens (tertiary/aromatic N) is 3. The van der Waals surface area contributed by atoms with Crippen LogP contribution in [0.4, 0.5) is 5.69 Å². The van der Waals surface area contributed by atoms with Gasteiger partial charge in [0.25, 0.3) is 5.91 Å². The summed E-state index contributed by atoms with van der Waals surface area (Å²) in [6.07, 6.45) is 1.48. The number of hydrogen-bond acceptors (Lipinski definition) is 7. The summed E-state index contributed by atoms with van der Waals surface area (Å²) < 4.78 is 7.08. The molecule has 0 fully saturated rings. The molecule has 0 bridgehead atoms. The van der Waals surface area contributed by atoms with Crippen molar-refractivity contribution >= 4 is 35.2 Å². The minimum absolute atomic E-state index is 0.0299. The number of carbonyl (C=O) groups excluding carboxylic acids is 3. The lowest BCUT2D eigenvalue weighted by Crippen LogP contribution is -2.34. The second-order valence-electron chi connectivity index (χ2n) is 9.68. The van der Waals surface area contributed by atoms with E-state index in [0.717, 1.165) is 5.56 Å². The third kappa shape index (κ3) is 8.28. The Morgan fingerprint density at radius 2 is 1.77 bits per heavy atom. The van der Waals surface area contributed by atoms with Crippen LogP contribution in [0.2, 0.25) is 0 Å². The molecule has 1 aromatic heterocycles. The van der Waals surface area contributed by atoms with Crippen molar-refractivity contribution in [3.05, 3.63) is 83.7 Å². The van der Waals surface area contributed by atoms with E-state index >= 15 is 0 Å². The highest BCUT2D eigenvalue weighted by Gasteiger charge is 2.26. The Kier molecular flexibility index (Phi) is 10.4. The number of ether oxygens (including phenoxy) is 1. The van der Waals surface area contributed by atoms with Crippen LogP contribution < -0.4 is 10.6 Å². The van der Waals surface area contributed by atoms with Crippen LogP contribution in [0.3, 0.4) is 0 Å². The van der Waals surface area contributed by atoms with Gasteiger partial charge in [0, 0.05) is 17.8 Å². The van der Waals surface area contributed by atoms with Crippen molar-refractivity contribution in [1.29, 1.82) is 0 Å². The molecule has 3 rings (SSSR count). The molecule has 0 saturated heterocycles. The van der Waals surface area contributed by atoms with Gasteiger partial charge in [-0.1, -0.05) is 55.4 Å². The van der Waals surface area contributed by atoms with Crippen molar-refractivity contribution in [2.75, 3.05) is 11.1 Å². The van der Waals surface area contributed by atoms with Crippen LogP contribution in [0.1, 0.15) is 65.8 Å². The number of amides is 2. The van der Waals surface area contributed by atoms with E-state index < -0.39 is 12.0 Å². The third-order valence-corrected chi connectivity index (χ3v) is 6.59. The van der Waals surface area contributed by atoms with Gasteiger partial charge in [-0.15, -0.1) is 16.8 Å². The fourth-order valence-corrected chi connectivity index (χ4v) is 4.57. The van der Waals surface area contributed by atoms with Crippen molar-refractivity contribution in [3.8, 4) is 0 Å². The van der Waals surface area contributed by atoms with Gasteiger partial charge in [-0.05, 0) is 57.0 Å². The molecule has 0 saturated carbocycles. The highest BCUT2D eigenvalue weighted by molar-refractivity contribution is 7.99. The Bertz CT molecular complexity index is 1330. The monoisotopic (exact) mass is 549 g/mol. The number of aryl methyl sites for hydroxylation is 1. The van der Waals surface area contributed by atoms with Crippen LogP contribution in [0, 0.1) is 12.8 Å². The van der Waals surface area contributed by atoms with Gasteiger partial charge < -0.3 is 19.9 Å². The van der Waals surface area contributed by atoms with Crippen molar-refractivity contribution in [2.45, 2.75) is 58.5 Å². The van der Waals surface area contributed by atoms with Gasteiger partial charge >= 0.3 is 5.97 Å². The fraction of sp³-hybridized carbons (Fsp3) is 0.345. The van der Waals surface area contributed by atoms with Crippen LogP contribution in [0.25, 0.3) is 0 Å². The van der Waals surface area contributed by atoms with Gasteiger partial charge in [0.15, 0.2) is 11.0 Å². The zero-order valence-electron chi connectivity index (χ0n) is 22.9. The number of carbonyl (C=O) groups is 3. The zero-order chi connectivity index (χ0) is 28.5. The fourth-order valence-electron chi connectivity index (χ4n) is 3.81.